The summed E-state index contributed by atoms with van der Waals surface area (Å²) in [6.07, 6.45) is 5.60. The molecule has 1 unspecified atom stereocenters. The third kappa shape index (κ3) is 2.87. The highest BCUT2D eigenvalue weighted by Crippen LogP contribution is 2.33. The first-order valence-corrected chi connectivity index (χ1v) is 7.58. The van der Waals surface area contributed by atoms with E-state index < -0.39 is 0 Å². The Morgan fingerprint density at radius 1 is 1.29 bits per heavy atom. The van der Waals surface area contributed by atoms with Crippen molar-refractivity contribution in [1.29, 1.82) is 0 Å². The summed E-state index contributed by atoms with van der Waals surface area (Å²) in [5, 5.41) is 13.5. The van der Waals surface area contributed by atoms with Gasteiger partial charge in [0, 0.05) is 30.9 Å². The highest BCUT2D eigenvalue weighted by Gasteiger charge is 2.26. The van der Waals surface area contributed by atoms with Crippen LogP contribution in [0.4, 0.5) is 0 Å². The van der Waals surface area contributed by atoms with E-state index in [1.54, 1.807) is 0 Å². The molecule has 1 heterocycles. The number of benzene rings is 1. The lowest BCUT2D eigenvalue weighted by Crippen LogP contribution is -2.27. The Morgan fingerprint density at radius 3 is 2.71 bits per heavy atom. The molecule has 0 amide bonds. The summed E-state index contributed by atoms with van der Waals surface area (Å²) in [6.45, 7) is 1.03. The monoisotopic (exact) mass is 285 g/mol. The molecule has 1 atom stereocenters. The minimum atomic E-state index is 0.109. The summed E-state index contributed by atoms with van der Waals surface area (Å²) < 4.78 is 2.02. The molecule has 1 aromatic carbocycles. The van der Waals surface area contributed by atoms with Gasteiger partial charge in [-0.2, -0.15) is 5.10 Å². The van der Waals surface area contributed by atoms with Crippen molar-refractivity contribution in [3.05, 3.63) is 52.8 Å². The van der Waals surface area contributed by atoms with E-state index in [-0.39, 0.29) is 6.61 Å². The largest absolute Gasteiger partial charge is 0.392 e. The fourth-order valence-corrected chi connectivity index (χ4v) is 3.29. The summed E-state index contributed by atoms with van der Waals surface area (Å²) in [5.41, 5.74) is 5.02. The summed E-state index contributed by atoms with van der Waals surface area (Å²) >= 11 is 0. The van der Waals surface area contributed by atoms with E-state index in [4.69, 9.17) is 5.11 Å². The van der Waals surface area contributed by atoms with Gasteiger partial charge in [0.25, 0.3) is 0 Å². The quantitative estimate of drug-likeness (QED) is 0.938. The van der Waals surface area contributed by atoms with E-state index in [0.29, 0.717) is 6.04 Å². The normalized spacial score (nSPS) is 18.0. The number of fused-ring (bicyclic) bond motifs is 1. The van der Waals surface area contributed by atoms with Crippen LogP contribution >= 0.6 is 0 Å². The second-order valence-corrected chi connectivity index (χ2v) is 5.97. The van der Waals surface area contributed by atoms with E-state index in [1.165, 1.54) is 29.7 Å². The second-order valence-electron chi connectivity index (χ2n) is 5.97. The van der Waals surface area contributed by atoms with Gasteiger partial charge in [0.15, 0.2) is 0 Å². The summed E-state index contributed by atoms with van der Waals surface area (Å²) in [7, 11) is 4.22. The van der Waals surface area contributed by atoms with Crippen molar-refractivity contribution in [3.8, 4) is 0 Å². The van der Waals surface area contributed by atoms with Crippen LogP contribution in [0.15, 0.2) is 30.5 Å². The summed E-state index contributed by atoms with van der Waals surface area (Å²) in [6, 6.07) is 8.67. The number of hydrogen-bond donors (Lipinski definition) is 1. The molecule has 21 heavy (non-hydrogen) atoms. The van der Waals surface area contributed by atoms with E-state index in [9.17, 15) is 0 Å². The van der Waals surface area contributed by atoms with Crippen LogP contribution in [-0.2, 0) is 26.6 Å². The molecule has 1 N–H and O–H groups in total. The standard InChI is InChI=1S/C17H23N3O/c1-19(11-13-6-8-14(12-21)9-7-13)16-4-3-5-17-15(16)10-18-20(17)2/h6-10,16,21H,3-5,11-12H2,1-2H3. The summed E-state index contributed by atoms with van der Waals surface area (Å²) in [5.74, 6) is 0. The fourth-order valence-electron chi connectivity index (χ4n) is 3.29. The highest BCUT2D eigenvalue weighted by atomic mass is 16.3. The van der Waals surface area contributed by atoms with Gasteiger partial charge in [-0.05, 0) is 37.4 Å². The topological polar surface area (TPSA) is 41.3 Å². The third-order valence-electron chi connectivity index (χ3n) is 4.51. The first-order chi connectivity index (χ1) is 10.2. The molecule has 112 valence electrons. The van der Waals surface area contributed by atoms with Crippen LogP contribution in [0, 0.1) is 0 Å². The minimum Gasteiger partial charge on any atom is -0.392 e. The Kier molecular flexibility index (Phi) is 4.08. The molecule has 4 nitrogen and oxygen atoms in total. The molecule has 0 aliphatic heterocycles. The smallest absolute Gasteiger partial charge is 0.0681 e. The maximum absolute atomic E-state index is 9.11. The third-order valence-corrected chi connectivity index (χ3v) is 4.51. The molecule has 2 aromatic rings. The van der Waals surface area contributed by atoms with E-state index in [2.05, 4.69) is 29.2 Å². The molecule has 0 saturated heterocycles. The highest BCUT2D eigenvalue weighted by molar-refractivity contribution is 5.26. The lowest BCUT2D eigenvalue weighted by Gasteiger charge is -2.31. The average Bonchev–Trinajstić information content (AvgIpc) is 2.89. The molecular formula is C17H23N3O. The van der Waals surface area contributed by atoms with Crippen molar-refractivity contribution < 1.29 is 5.11 Å². The van der Waals surface area contributed by atoms with Crippen molar-refractivity contribution in [3.63, 3.8) is 0 Å². The number of rotatable bonds is 4. The SMILES string of the molecule is CN(Cc1ccc(CO)cc1)C1CCCc2c1cnn2C. The Hall–Kier alpha value is -1.65. The van der Waals surface area contributed by atoms with Gasteiger partial charge in [0.05, 0.1) is 12.8 Å². The van der Waals surface area contributed by atoms with Crippen molar-refractivity contribution in [2.45, 2.75) is 38.5 Å². The van der Waals surface area contributed by atoms with Gasteiger partial charge in [0.2, 0.25) is 0 Å². The molecule has 0 bridgehead atoms. The Bertz CT molecular complexity index is 603. The van der Waals surface area contributed by atoms with Crippen LogP contribution in [0.25, 0.3) is 0 Å². The van der Waals surface area contributed by atoms with Crippen molar-refractivity contribution in [1.82, 2.24) is 14.7 Å². The van der Waals surface area contributed by atoms with Gasteiger partial charge in [-0.15, -0.1) is 0 Å². The molecule has 3 rings (SSSR count). The predicted molar refractivity (Wildman–Crippen MR) is 82.7 cm³/mol. The number of nitrogens with zero attached hydrogens (tertiary/aromatic N) is 3. The van der Waals surface area contributed by atoms with Crippen LogP contribution < -0.4 is 0 Å². The van der Waals surface area contributed by atoms with Gasteiger partial charge in [0.1, 0.15) is 0 Å². The van der Waals surface area contributed by atoms with Gasteiger partial charge in [-0.25, -0.2) is 0 Å². The van der Waals surface area contributed by atoms with Gasteiger partial charge in [-0.1, -0.05) is 24.3 Å². The van der Waals surface area contributed by atoms with Crippen LogP contribution in [0.3, 0.4) is 0 Å². The number of aliphatic hydroxyl groups excluding tert-OH is 1. The van der Waals surface area contributed by atoms with Crippen molar-refractivity contribution in [2.24, 2.45) is 7.05 Å². The van der Waals surface area contributed by atoms with E-state index >= 15 is 0 Å². The Labute approximate surface area is 126 Å². The predicted octanol–water partition coefficient (Wildman–Crippen LogP) is 2.42. The van der Waals surface area contributed by atoms with Crippen LogP contribution in [0.5, 0.6) is 0 Å². The minimum absolute atomic E-state index is 0.109. The van der Waals surface area contributed by atoms with Crippen LogP contribution in [0.2, 0.25) is 0 Å². The Balaban J connectivity index is 1.74. The van der Waals surface area contributed by atoms with Crippen molar-refractivity contribution >= 4 is 0 Å². The number of aliphatic hydroxyl groups is 1. The molecule has 4 heteroatoms. The van der Waals surface area contributed by atoms with E-state index in [1.807, 2.05) is 30.1 Å². The number of aryl methyl sites for hydroxylation is 1. The lowest BCUT2D eigenvalue weighted by molar-refractivity contribution is 0.212. The zero-order valence-electron chi connectivity index (χ0n) is 12.8. The Morgan fingerprint density at radius 2 is 2.00 bits per heavy atom. The average molecular weight is 285 g/mol. The maximum Gasteiger partial charge on any atom is 0.0681 e. The fraction of sp³-hybridized carbons (Fsp3) is 0.471. The molecule has 0 fully saturated rings. The molecule has 0 saturated carbocycles. The first-order valence-electron chi connectivity index (χ1n) is 7.58. The van der Waals surface area contributed by atoms with Gasteiger partial charge >= 0.3 is 0 Å². The molecule has 1 aliphatic rings. The molecule has 0 spiro atoms. The van der Waals surface area contributed by atoms with Gasteiger partial charge in [-0.3, -0.25) is 9.58 Å². The number of aromatic nitrogens is 2. The molecule has 1 aliphatic carbocycles. The maximum atomic E-state index is 9.11. The molecule has 1 aromatic heterocycles. The zero-order chi connectivity index (χ0) is 14.8. The van der Waals surface area contributed by atoms with E-state index in [0.717, 1.165) is 18.5 Å². The first kappa shape index (κ1) is 14.3. The second kappa shape index (κ2) is 6.00. The van der Waals surface area contributed by atoms with Gasteiger partial charge < -0.3 is 5.11 Å². The van der Waals surface area contributed by atoms with Crippen molar-refractivity contribution in [2.75, 3.05) is 7.05 Å². The summed E-state index contributed by atoms with van der Waals surface area (Å²) in [4.78, 5) is 2.41. The zero-order valence-corrected chi connectivity index (χ0v) is 12.8. The lowest BCUT2D eigenvalue weighted by atomic mass is 9.92. The number of hydrogen-bond acceptors (Lipinski definition) is 3. The molecule has 0 radical (unpaired) electrons. The molecular weight excluding hydrogens is 262 g/mol. The van der Waals surface area contributed by atoms with Crippen LogP contribution in [0.1, 0.15) is 41.3 Å². The van der Waals surface area contributed by atoms with Crippen LogP contribution in [-0.4, -0.2) is 26.8 Å².